The molecule has 0 aromatic heterocycles. The van der Waals surface area contributed by atoms with Crippen LogP contribution in [0.5, 0.6) is 5.75 Å². The van der Waals surface area contributed by atoms with Gasteiger partial charge in [0.15, 0.2) is 6.61 Å². The summed E-state index contributed by atoms with van der Waals surface area (Å²) in [5, 5.41) is 0. The molecule has 146 valence electrons. The summed E-state index contributed by atoms with van der Waals surface area (Å²) in [6.07, 6.45) is 0.0746. The quantitative estimate of drug-likeness (QED) is 0.550. The molecule has 0 saturated heterocycles. The number of fused-ring (bicyclic) bond motifs is 2. The largest absolute Gasteiger partial charge is 0.493 e. The van der Waals surface area contributed by atoms with E-state index in [0.29, 0.717) is 5.75 Å². The maximum absolute atomic E-state index is 12.9. The zero-order valence-electron chi connectivity index (χ0n) is 15.6. The fraction of sp³-hybridized carbons (Fsp3) is 0.130. The first-order valence-electron chi connectivity index (χ1n) is 9.25. The number of carbonyl (C=O) groups excluding carboxylic acids is 2. The lowest BCUT2D eigenvalue weighted by Gasteiger charge is -2.30. The van der Waals surface area contributed by atoms with Crippen molar-refractivity contribution < 1.29 is 19.1 Å². The molecule has 1 amide bonds. The van der Waals surface area contributed by atoms with Crippen LogP contribution in [0.3, 0.4) is 0 Å². The van der Waals surface area contributed by atoms with Crippen molar-refractivity contribution in [3.05, 3.63) is 78.9 Å². The Hall–Kier alpha value is -3.25. The molecule has 0 radical (unpaired) electrons. The summed E-state index contributed by atoms with van der Waals surface area (Å²) < 4.78 is 10.7. The second-order valence-electron chi connectivity index (χ2n) is 6.34. The molecular formula is C23H19NO4S. The summed E-state index contributed by atoms with van der Waals surface area (Å²) >= 11 is 1.62. The number of hydrogen-bond donors (Lipinski definition) is 0. The average molecular weight is 405 g/mol. The van der Waals surface area contributed by atoms with Crippen molar-refractivity contribution in [2.45, 2.75) is 16.2 Å². The van der Waals surface area contributed by atoms with Crippen LogP contribution in [0.1, 0.15) is 6.42 Å². The third-order valence-corrected chi connectivity index (χ3v) is 5.49. The van der Waals surface area contributed by atoms with Crippen LogP contribution in [0.4, 0.5) is 11.4 Å². The highest BCUT2D eigenvalue weighted by Gasteiger charge is 2.28. The van der Waals surface area contributed by atoms with Crippen LogP contribution in [0.15, 0.2) is 88.7 Å². The Bertz CT molecular complexity index is 977. The summed E-state index contributed by atoms with van der Waals surface area (Å²) in [7, 11) is 0. The van der Waals surface area contributed by atoms with Crippen molar-refractivity contribution in [2.75, 3.05) is 18.1 Å². The van der Waals surface area contributed by atoms with Crippen LogP contribution in [0, 0.1) is 0 Å². The van der Waals surface area contributed by atoms with E-state index in [1.807, 2.05) is 78.9 Å². The summed E-state index contributed by atoms with van der Waals surface area (Å²) in [5.74, 6) is -0.0693. The van der Waals surface area contributed by atoms with Crippen molar-refractivity contribution in [1.82, 2.24) is 0 Å². The third-order valence-electron chi connectivity index (χ3n) is 4.36. The Morgan fingerprint density at radius 2 is 1.38 bits per heavy atom. The highest BCUT2D eigenvalue weighted by atomic mass is 32.2. The summed E-state index contributed by atoms with van der Waals surface area (Å²) in [6, 6.07) is 24.6. The van der Waals surface area contributed by atoms with Gasteiger partial charge in [-0.2, -0.15) is 0 Å². The smallest absolute Gasteiger partial charge is 0.309 e. The number of anilines is 2. The molecule has 1 aliphatic heterocycles. The molecular weight excluding hydrogens is 386 g/mol. The van der Waals surface area contributed by atoms with E-state index >= 15 is 0 Å². The van der Waals surface area contributed by atoms with Gasteiger partial charge in [-0.15, -0.1) is 0 Å². The van der Waals surface area contributed by atoms with E-state index in [4.69, 9.17) is 9.47 Å². The van der Waals surface area contributed by atoms with Crippen molar-refractivity contribution in [3.8, 4) is 5.75 Å². The van der Waals surface area contributed by atoms with Gasteiger partial charge >= 0.3 is 5.97 Å². The fourth-order valence-corrected chi connectivity index (χ4v) is 4.08. The van der Waals surface area contributed by atoms with Crippen LogP contribution >= 0.6 is 11.8 Å². The van der Waals surface area contributed by atoms with E-state index in [1.54, 1.807) is 16.7 Å². The van der Waals surface area contributed by atoms with E-state index in [0.717, 1.165) is 21.2 Å². The lowest BCUT2D eigenvalue weighted by atomic mass is 10.2. The van der Waals surface area contributed by atoms with E-state index in [1.165, 1.54) is 0 Å². The monoisotopic (exact) mass is 405 g/mol. The highest BCUT2D eigenvalue weighted by molar-refractivity contribution is 7.99. The minimum Gasteiger partial charge on any atom is -0.493 e. The molecule has 1 aliphatic rings. The number of amides is 1. The first-order valence-corrected chi connectivity index (χ1v) is 10.1. The molecule has 3 aromatic rings. The van der Waals surface area contributed by atoms with Crippen LogP contribution in [-0.2, 0) is 14.3 Å². The number of nitrogens with zero attached hydrogens (tertiary/aromatic N) is 1. The van der Waals surface area contributed by atoms with Gasteiger partial charge in [0.2, 0.25) is 0 Å². The predicted molar refractivity (Wildman–Crippen MR) is 112 cm³/mol. The van der Waals surface area contributed by atoms with Gasteiger partial charge in [0.25, 0.3) is 5.91 Å². The van der Waals surface area contributed by atoms with Gasteiger partial charge in [-0.1, -0.05) is 54.2 Å². The Balaban J connectivity index is 1.38. The Morgan fingerprint density at radius 3 is 2.03 bits per heavy atom. The molecule has 0 aliphatic carbocycles. The van der Waals surface area contributed by atoms with Crippen molar-refractivity contribution >= 4 is 35.0 Å². The second-order valence-corrected chi connectivity index (χ2v) is 7.42. The molecule has 0 unspecified atom stereocenters. The van der Waals surface area contributed by atoms with Gasteiger partial charge in [0.05, 0.1) is 24.4 Å². The SMILES string of the molecule is O=C(CCOc1ccccc1)OCC(=O)N1c2ccccc2Sc2ccccc21. The molecule has 1 heterocycles. The standard InChI is InChI=1S/C23H19NO4S/c25-22(16-28-23(26)14-15-27-17-8-2-1-3-9-17)24-18-10-4-6-12-20(18)29-21-13-7-5-11-19(21)24/h1-13H,14-16H2. The normalized spacial score (nSPS) is 11.9. The van der Waals surface area contributed by atoms with Crippen molar-refractivity contribution in [1.29, 1.82) is 0 Å². The van der Waals surface area contributed by atoms with E-state index in [2.05, 4.69) is 0 Å². The van der Waals surface area contributed by atoms with E-state index in [-0.39, 0.29) is 25.5 Å². The van der Waals surface area contributed by atoms with Gasteiger partial charge in [-0.3, -0.25) is 14.5 Å². The fourth-order valence-electron chi connectivity index (χ4n) is 3.02. The van der Waals surface area contributed by atoms with E-state index in [9.17, 15) is 9.59 Å². The first kappa shape index (κ1) is 19.1. The second kappa shape index (κ2) is 8.84. The van der Waals surface area contributed by atoms with Crippen molar-refractivity contribution in [3.63, 3.8) is 0 Å². The molecule has 29 heavy (non-hydrogen) atoms. The molecule has 0 N–H and O–H groups in total. The maximum atomic E-state index is 12.9. The van der Waals surface area contributed by atoms with Crippen LogP contribution in [-0.4, -0.2) is 25.1 Å². The minimum atomic E-state index is -0.470. The number of rotatable bonds is 6. The molecule has 0 atom stereocenters. The lowest BCUT2D eigenvalue weighted by Crippen LogP contribution is -2.32. The number of carbonyl (C=O) groups is 2. The molecule has 0 saturated carbocycles. The molecule has 5 nitrogen and oxygen atoms in total. The number of ether oxygens (including phenoxy) is 2. The van der Waals surface area contributed by atoms with Gasteiger partial charge in [0, 0.05) is 9.79 Å². The molecule has 0 spiro atoms. The van der Waals surface area contributed by atoms with Gasteiger partial charge in [0.1, 0.15) is 5.75 Å². The molecule has 6 heteroatoms. The number of hydrogen-bond acceptors (Lipinski definition) is 5. The first-order chi connectivity index (χ1) is 14.2. The van der Waals surface area contributed by atoms with Crippen LogP contribution < -0.4 is 9.64 Å². The summed E-state index contributed by atoms with van der Waals surface area (Å²) in [5.41, 5.74) is 1.59. The van der Waals surface area contributed by atoms with Crippen LogP contribution in [0.2, 0.25) is 0 Å². The molecule has 0 fully saturated rings. The summed E-state index contributed by atoms with van der Waals surface area (Å²) in [4.78, 5) is 28.6. The van der Waals surface area contributed by atoms with Crippen LogP contribution in [0.25, 0.3) is 0 Å². The minimum absolute atomic E-state index is 0.0746. The average Bonchev–Trinajstić information content (AvgIpc) is 2.76. The van der Waals surface area contributed by atoms with Gasteiger partial charge < -0.3 is 9.47 Å². The van der Waals surface area contributed by atoms with Crippen molar-refractivity contribution in [2.24, 2.45) is 0 Å². The maximum Gasteiger partial charge on any atom is 0.309 e. The lowest BCUT2D eigenvalue weighted by molar-refractivity contribution is -0.148. The number of para-hydroxylation sites is 3. The Morgan fingerprint density at radius 1 is 0.793 bits per heavy atom. The highest BCUT2D eigenvalue weighted by Crippen LogP contribution is 2.47. The zero-order chi connectivity index (χ0) is 20.1. The van der Waals surface area contributed by atoms with E-state index < -0.39 is 5.97 Å². The Labute approximate surface area is 173 Å². The Kier molecular flexibility index (Phi) is 5.81. The predicted octanol–water partition coefficient (Wildman–Crippen LogP) is 4.83. The molecule has 4 rings (SSSR count). The number of esters is 1. The topological polar surface area (TPSA) is 55.8 Å². The molecule has 0 bridgehead atoms. The van der Waals surface area contributed by atoms with Gasteiger partial charge in [-0.25, -0.2) is 0 Å². The third kappa shape index (κ3) is 4.43. The van der Waals surface area contributed by atoms with Gasteiger partial charge in [-0.05, 0) is 36.4 Å². The molecule has 3 aromatic carbocycles. The zero-order valence-corrected chi connectivity index (χ0v) is 16.4. The number of benzene rings is 3. The summed E-state index contributed by atoms with van der Waals surface area (Å²) in [6.45, 7) is -0.124.